The molecule has 0 saturated heterocycles. The SMILES string of the molecule is N#Cc1cnc(-c2cccc(OC(F)(F)F)c2)c(-c2cccc(OC(F)(F)F)c2)c1. The molecule has 154 valence electrons. The molecule has 0 amide bonds. The van der Waals surface area contributed by atoms with Crippen LogP contribution < -0.4 is 9.47 Å². The van der Waals surface area contributed by atoms with Crippen molar-refractivity contribution in [2.24, 2.45) is 0 Å². The Kier molecular flexibility index (Phi) is 5.56. The minimum atomic E-state index is -4.91. The van der Waals surface area contributed by atoms with Gasteiger partial charge in [0.2, 0.25) is 0 Å². The van der Waals surface area contributed by atoms with E-state index in [0.717, 1.165) is 24.3 Å². The van der Waals surface area contributed by atoms with E-state index in [1.54, 1.807) is 0 Å². The van der Waals surface area contributed by atoms with Crippen molar-refractivity contribution < 1.29 is 35.8 Å². The van der Waals surface area contributed by atoms with Crippen molar-refractivity contribution in [3.8, 4) is 40.0 Å². The average molecular weight is 424 g/mol. The molecule has 1 heterocycles. The fourth-order valence-corrected chi connectivity index (χ4v) is 2.68. The van der Waals surface area contributed by atoms with Crippen LogP contribution in [-0.4, -0.2) is 17.7 Å². The van der Waals surface area contributed by atoms with Crippen molar-refractivity contribution in [3.05, 3.63) is 66.4 Å². The Morgan fingerprint density at radius 3 is 1.83 bits per heavy atom. The standard InChI is InChI=1S/C20H10F6N2O2/c21-19(22,23)29-15-5-1-3-13(8-15)17-7-12(10-27)11-28-18(17)14-4-2-6-16(9-14)30-20(24,25)26/h1-9,11H. The fourth-order valence-electron chi connectivity index (χ4n) is 2.68. The highest BCUT2D eigenvalue weighted by molar-refractivity contribution is 5.82. The average Bonchev–Trinajstić information content (AvgIpc) is 2.65. The van der Waals surface area contributed by atoms with Gasteiger partial charge in [0.25, 0.3) is 0 Å². The molecule has 0 aliphatic heterocycles. The van der Waals surface area contributed by atoms with Crippen LogP contribution >= 0.6 is 0 Å². The fraction of sp³-hybridized carbons (Fsp3) is 0.100. The summed E-state index contributed by atoms with van der Waals surface area (Å²) in [6, 6.07) is 13.1. The molecule has 0 aliphatic carbocycles. The molecule has 4 nitrogen and oxygen atoms in total. The number of aromatic nitrogens is 1. The number of nitriles is 1. The molecule has 0 aliphatic rings. The summed E-state index contributed by atoms with van der Waals surface area (Å²) in [5.74, 6) is -0.992. The van der Waals surface area contributed by atoms with Crippen LogP contribution in [0.3, 0.4) is 0 Å². The van der Waals surface area contributed by atoms with Gasteiger partial charge >= 0.3 is 12.7 Å². The monoisotopic (exact) mass is 424 g/mol. The molecule has 3 aromatic rings. The highest BCUT2D eigenvalue weighted by atomic mass is 19.4. The van der Waals surface area contributed by atoms with Gasteiger partial charge in [-0.15, -0.1) is 26.3 Å². The minimum Gasteiger partial charge on any atom is -0.406 e. The number of benzene rings is 2. The van der Waals surface area contributed by atoms with Gasteiger partial charge in [-0.1, -0.05) is 24.3 Å². The summed E-state index contributed by atoms with van der Waals surface area (Å²) in [5, 5.41) is 9.14. The maximum absolute atomic E-state index is 12.5. The number of halogens is 6. The third-order valence-electron chi connectivity index (χ3n) is 3.74. The molecule has 30 heavy (non-hydrogen) atoms. The third kappa shape index (κ3) is 5.41. The van der Waals surface area contributed by atoms with Gasteiger partial charge in [0.1, 0.15) is 17.6 Å². The predicted molar refractivity (Wildman–Crippen MR) is 93.2 cm³/mol. The predicted octanol–water partition coefficient (Wildman–Crippen LogP) is 6.08. The van der Waals surface area contributed by atoms with E-state index < -0.39 is 24.2 Å². The van der Waals surface area contributed by atoms with Crippen molar-refractivity contribution in [2.45, 2.75) is 12.7 Å². The molecule has 1 aromatic heterocycles. The smallest absolute Gasteiger partial charge is 0.406 e. The van der Waals surface area contributed by atoms with Gasteiger partial charge < -0.3 is 9.47 Å². The van der Waals surface area contributed by atoms with E-state index in [4.69, 9.17) is 5.26 Å². The summed E-state index contributed by atoms with van der Waals surface area (Å²) in [6.07, 6.45) is -8.60. The first-order chi connectivity index (χ1) is 14.0. The van der Waals surface area contributed by atoms with E-state index in [9.17, 15) is 26.3 Å². The molecule has 0 saturated carbocycles. The molecule has 0 spiro atoms. The Hall–Kier alpha value is -3.74. The number of alkyl halides is 6. The van der Waals surface area contributed by atoms with Crippen LogP contribution in [0.4, 0.5) is 26.3 Å². The lowest BCUT2D eigenvalue weighted by atomic mass is 9.97. The van der Waals surface area contributed by atoms with E-state index in [1.165, 1.54) is 36.5 Å². The van der Waals surface area contributed by atoms with Gasteiger partial charge in [-0.05, 0) is 35.9 Å². The van der Waals surface area contributed by atoms with Crippen LogP contribution in [0.15, 0.2) is 60.8 Å². The maximum atomic E-state index is 12.5. The summed E-state index contributed by atoms with van der Waals surface area (Å²) in [7, 11) is 0. The normalized spacial score (nSPS) is 11.6. The van der Waals surface area contributed by atoms with Crippen LogP contribution in [0.25, 0.3) is 22.4 Å². The van der Waals surface area contributed by atoms with Gasteiger partial charge in [-0.25, -0.2) is 0 Å². The first-order valence-corrected chi connectivity index (χ1v) is 8.16. The molecule has 0 bridgehead atoms. The summed E-state index contributed by atoms with van der Waals surface area (Å²) in [6.45, 7) is 0. The maximum Gasteiger partial charge on any atom is 0.573 e. The molecular weight excluding hydrogens is 414 g/mol. The zero-order valence-electron chi connectivity index (χ0n) is 14.8. The van der Waals surface area contributed by atoms with Crippen LogP contribution in [0.1, 0.15) is 5.56 Å². The van der Waals surface area contributed by atoms with Crippen molar-refractivity contribution in [1.82, 2.24) is 4.98 Å². The summed E-state index contributed by atoms with van der Waals surface area (Å²) in [4.78, 5) is 4.12. The molecule has 0 atom stereocenters. The Morgan fingerprint density at radius 1 is 0.767 bits per heavy atom. The van der Waals surface area contributed by atoms with Crippen LogP contribution in [0, 0.1) is 11.3 Å². The van der Waals surface area contributed by atoms with Crippen molar-refractivity contribution in [2.75, 3.05) is 0 Å². The number of hydrogen-bond donors (Lipinski definition) is 0. The summed E-state index contributed by atoms with van der Waals surface area (Å²) < 4.78 is 83.0. The number of pyridine rings is 1. The van der Waals surface area contributed by atoms with Gasteiger partial charge in [0, 0.05) is 17.3 Å². The van der Waals surface area contributed by atoms with Crippen LogP contribution in [0.2, 0.25) is 0 Å². The third-order valence-corrected chi connectivity index (χ3v) is 3.74. The summed E-state index contributed by atoms with van der Waals surface area (Å²) >= 11 is 0. The van der Waals surface area contributed by atoms with E-state index in [1.807, 2.05) is 6.07 Å². The van der Waals surface area contributed by atoms with E-state index in [-0.39, 0.29) is 27.9 Å². The Bertz CT molecular complexity index is 1100. The van der Waals surface area contributed by atoms with Crippen molar-refractivity contribution >= 4 is 0 Å². The highest BCUT2D eigenvalue weighted by Crippen LogP contribution is 2.35. The molecule has 0 fully saturated rings. The molecular formula is C20H10F6N2O2. The number of rotatable bonds is 4. The van der Waals surface area contributed by atoms with Gasteiger partial charge in [-0.2, -0.15) is 5.26 Å². The number of nitrogens with zero attached hydrogens (tertiary/aromatic N) is 2. The molecule has 3 rings (SSSR count). The first kappa shape index (κ1) is 21.0. The first-order valence-electron chi connectivity index (χ1n) is 8.16. The van der Waals surface area contributed by atoms with E-state index in [0.29, 0.717) is 0 Å². The molecule has 0 radical (unpaired) electrons. The summed E-state index contributed by atoms with van der Waals surface area (Å²) in [5.41, 5.74) is 0.909. The van der Waals surface area contributed by atoms with E-state index in [2.05, 4.69) is 14.5 Å². The second-order valence-corrected chi connectivity index (χ2v) is 5.88. The molecule has 0 N–H and O–H groups in total. The van der Waals surface area contributed by atoms with E-state index >= 15 is 0 Å². The van der Waals surface area contributed by atoms with Crippen molar-refractivity contribution in [3.63, 3.8) is 0 Å². The minimum absolute atomic E-state index is 0.110. The Morgan fingerprint density at radius 2 is 1.30 bits per heavy atom. The molecule has 10 heteroatoms. The zero-order chi connectivity index (χ0) is 21.9. The molecule has 0 unspecified atom stereocenters. The second kappa shape index (κ2) is 7.94. The lowest BCUT2D eigenvalue weighted by Gasteiger charge is -2.14. The largest absolute Gasteiger partial charge is 0.573 e. The highest BCUT2D eigenvalue weighted by Gasteiger charge is 2.32. The second-order valence-electron chi connectivity index (χ2n) is 5.88. The lowest BCUT2D eigenvalue weighted by Crippen LogP contribution is -2.17. The van der Waals surface area contributed by atoms with Gasteiger partial charge in [0.15, 0.2) is 0 Å². The Balaban J connectivity index is 2.10. The number of hydrogen-bond acceptors (Lipinski definition) is 4. The quantitative estimate of drug-likeness (QED) is 0.476. The lowest BCUT2D eigenvalue weighted by molar-refractivity contribution is -0.275. The van der Waals surface area contributed by atoms with Crippen LogP contribution in [-0.2, 0) is 0 Å². The zero-order valence-corrected chi connectivity index (χ0v) is 14.8. The number of ether oxygens (including phenoxy) is 2. The topological polar surface area (TPSA) is 55.1 Å². The molecule has 2 aromatic carbocycles. The van der Waals surface area contributed by atoms with Crippen molar-refractivity contribution in [1.29, 1.82) is 5.26 Å². The van der Waals surface area contributed by atoms with Gasteiger partial charge in [0.05, 0.1) is 11.3 Å². The van der Waals surface area contributed by atoms with Crippen LogP contribution in [0.5, 0.6) is 11.5 Å². The van der Waals surface area contributed by atoms with Gasteiger partial charge in [-0.3, -0.25) is 4.98 Å². The Labute approximate surface area is 165 Å².